The van der Waals surface area contributed by atoms with E-state index in [4.69, 9.17) is 0 Å². The molecule has 6 nitrogen and oxygen atoms in total. The number of hydrogen-bond donors (Lipinski definition) is 2. The van der Waals surface area contributed by atoms with Crippen molar-refractivity contribution in [1.29, 1.82) is 0 Å². The maximum absolute atomic E-state index is 12.5. The minimum Gasteiger partial charge on any atom is -0.480 e. The Morgan fingerprint density at radius 1 is 1.14 bits per heavy atom. The highest BCUT2D eigenvalue weighted by Crippen LogP contribution is 2.29. The molecule has 0 aromatic heterocycles. The van der Waals surface area contributed by atoms with Gasteiger partial charge >= 0.3 is 5.97 Å². The molecule has 1 aromatic rings. The molecular formula is C15H19NO5S. The molecule has 120 valence electrons. The number of amides is 1. The lowest BCUT2D eigenvalue weighted by Gasteiger charge is -2.34. The Balaban J connectivity index is 2.35. The number of aliphatic carboxylic acids is 1. The van der Waals surface area contributed by atoms with Gasteiger partial charge in [0.25, 0.3) is 5.91 Å². The largest absolute Gasteiger partial charge is 0.480 e. The lowest BCUT2D eigenvalue weighted by atomic mass is 9.81. The summed E-state index contributed by atoms with van der Waals surface area (Å²) in [4.78, 5) is 23.9. The van der Waals surface area contributed by atoms with Gasteiger partial charge in [-0.3, -0.25) is 4.79 Å². The van der Waals surface area contributed by atoms with Crippen LogP contribution in [0.3, 0.4) is 0 Å². The van der Waals surface area contributed by atoms with Gasteiger partial charge in [-0.1, -0.05) is 31.4 Å². The van der Waals surface area contributed by atoms with Crippen LogP contribution in [0.25, 0.3) is 0 Å². The fraction of sp³-hybridized carbons (Fsp3) is 0.467. The number of carbonyl (C=O) groups excluding carboxylic acids is 1. The van der Waals surface area contributed by atoms with E-state index < -0.39 is 27.3 Å². The summed E-state index contributed by atoms with van der Waals surface area (Å²) in [5, 5.41) is 12.0. The van der Waals surface area contributed by atoms with Gasteiger partial charge in [0.2, 0.25) is 0 Å². The van der Waals surface area contributed by atoms with Crippen LogP contribution in [-0.4, -0.2) is 37.2 Å². The first kappa shape index (κ1) is 16.5. The number of nitrogens with one attached hydrogen (secondary N) is 1. The standard InChI is InChI=1S/C15H19NO5S/c1-22(20,21)12-8-4-3-7-11(12)13(17)16-15(14(18)19)9-5-2-6-10-15/h3-4,7-8H,2,5-6,9-10H2,1H3,(H,16,17)(H,18,19). The molecule has 1 aromatic carbocycles. The summed E-state index contributed by atoms with van der Waals surface area (Å²) in [6.07, 6.45) is 4.11. The Kier molecular flexibility index (Phi) is 4.55. The van der Waals surface area contributed by atoms with E-state index in [0.29, 0.717) is 12.8 Å². The molecule has 22 heavy (non-hydrogen) atoms. The summed E-state index contributed by atoms with van der Waals surface area (Å²) in [7, 11) is -3.57. The van der Waals surface area contributed by atoms with Crippen molar-refractivity contribution in [3.05, 3.63) is 29.8 Å². The smallest absolute Gasteiger partial charge is 0.329 e. The molecule has 0 heterocycles. The first-order valence-corrected chi connectivity index (χ1v) is 9.00. The number of carboxylic acids is 1. The van der Waals surface area contributed by atoms with E-state index in [1.807, 2.05) is 0 Å². The third-order valence-electron chi connectivity index (χ3n) is 4.00. The van der Waals surface area contributed by atoms with Gasteiger partial charge < -0.3 is 10.4 Å². The second kappa shape index (κ2) is 6.08. The SMILES string of the molecule is CS(=O)(=O)c1ccccc1C(=O)NC1(C(=O)O)CCCCC1. The van der Waals surface area contributed by atoms with E-state index in [9.17, 15) is 23.1 Å². The van der Waals surface area contributed by atoms with Crippen LogP contribution < -0.4 is 5.32 Å². The van der Waals surface area contributed by atoms with E-state index in [-0.39, 0.29) is 10.5 Å². The van der Waals surface area contributed by atoms with Gasteiger partial charge in [0.15, 0.2) is 9.84 Å². The minimum absolute atomic E-state index is 0.0174. The number of benzene rings is 1. The molecule has 0 saturated heterocycles. The molecular weight excluding hydrogens is 306 g/mol. The van der Waals surface area contributed by atoms with E-state index in [1.165, 1.54) is 18.2 Å². The molecule has 0 atom stereocenters. The highest BCUT2D eigenvalue weighted by atomic mass is 32.2. The summed E-state index contributed by atoms with van der Waals surface area (Å²) >= 11 is 0. The molecule has 2 rings (SSSR count). The first-order valence-electron chi connectivity index (χ1n) is 7.11. The van der Waals surface area contributed by atoms with Crippen LogP contribution in [-0.2, 0) is 14.6 Å². The van der Waals surface area contributed by atoms with Crippen LogP contribution in [0.2, 0.25) is 0 Å². The Hall–Kier alpha value is -1.89. The van der Waals surface area contributed by atoms with Crippen molar-refractivity contribution in [2.24, 2.45) is 0 Å². The number of hydrogen-bond acceptors (Lipinski definition) is 4. The second-order valence-corrected chi connectivity index (χ2v) is 7.65. The average molecular weight is 325 g/mol. The molecule has 0 aliphatic heterocycles. The third-order valence-corrected chi connectivity index (χ3v) is 5.16. The molecule has 0 unspecified atom stereocenters. The molecule has 0 radical (unpaired) electrons. The van der Waals surface area contributed by atoms with Gasteiger partial charge in [-0.2, -0.15) is 0 Å². The van der Waals surface area contributed by atoms with Crippen molar-refractivity contribution in [3.8, 4) is 0 Å². The second-order valence-electron chi connectivity index (χ2n) is 5.67. The first-order chi connectivity index (χ1) is 10.3. The van der Waals surface area contributed by atoms with Crippen LogP contribution in [0, 0.1) is 0 Å². The molecule has 1 saturated carbocycles. The van der Waals surface area contributed by atoms with Crippen LogP contribution in [0.5, 0.6) is 0 Å². The van der Waals surface area contributed by atoms with Crippen molar-refractivity contribution < 1.29 is 23.1 Å². The molecule has 1 aliphatic rings. The molecule has 7 heteroatoms. The van der Waals surface area contributed by atoms with E-state index in [1.54, 1.807) is 6.07 Å². The van der Waals surface area contributed by atoms with Crippen molar-refractivity contribution in [3.63, 3.8) is 0 Å². The number of sulfone groups is 1. The van der Waals surface area contributed by atoms with Gasteiger partial charge in [0, 0.05) is 6.26 Å². The maximum atomic E-state index is 12.5. The number of carbonyl (C=O) groups is 2. The summed E-state index contributed by atoms with van der Waals surface area (Å²) in [6.45, 7) is 0. The number of rotatable bonds is 4. The average Bonchev–Trinajstić information content (AvgIpc) is 2.47. The monoisotopic (exact) mass is 325 g/mol. The Labute approximate surface area is 129 Å². The lowest BCUT2D eigenvalue weighted by molar-refractivity contribution is -0.145. The zero-order chi connectivity index (χ0) is 16.4. The normalized spacial score (nSPS) is 17.7. The highest BCUT2D eigenvalue weighted by Gasteiger charge is 2.41. The Morgan fingerprint density at radius 2 is 1.73 bits per heavy atom. The van der Waals surface area contributed by atoms with Crippen molar-refractivity contribution in [1.82, 2.24) is 5.32 Å². The van der Waals surface area contributed by atoms with Gasteiger partial charge in [-0.05, 0) is 25.0 Å². The van der Waals surface area contributed by atoms with Crippen molar-refractivity contribution in [2.75, 3.05) is 6.26 Å². The molecule has 1 aliphatic carbocycles. The lowest BCUT2D eigenvalue weighted by Crippen LogP contribution is -2.55. The fourth-order valence-corrected chi connectivity index (χ4v) is 3.70. The number of carboxylic acid groups (broad SMARTS) is 1. The highest BCUT2D eigenvalue weighted by molar-refractivity contribution is 7.90. The summed E-state index contributed by atoms with van der Waals surface area (Å²) in [5.74, 6) is -1.73. The van der Waals surface area contributed by atoms with Crippen LogP contribution >= 0.6 is 0 Å². The van der Waals surface area contributed by atoms with Crippen molar-refractivity contribution >= 4 is 21.7 Å². The van der Waals surface area contributed by atoms with Crippen molar-refractivity contribution in [2.45, 2.75) is 42.5 Å². The Morgan fingerprint density at radius 3 is 2.27 bits per heavy atom. The molecule has 2 N–H and O–H groups in total. The molecule has 1 amide bonds. The minimum atomic E-state index is -3.57. The fourth-order valence-electron chi connectivity index (χ4n) is 2.81. The molecule has 1 fully saturated rings. The topological polar surface area (TPSA) is 101 Å². The predicted molar refractivity (Wildman–Crippen MR) is 80.5 cm³/mol. The van der Waals surface area contributed by atoms with E-state index in [2.05, 4.69) is 5.32 Å². The van der Waals surface area contributed by atoms with E-state index in [0.717, 1.165) is 25.5 Å². The van der Waals surface area contributed by atoms with Gasteiger partial charge in [-0.25, -0.2) is 13.2 Å². The third kappa shape index (κ3) is 3.30. The molecule has 0 spiro atoms. The maximum Gasteiger partial charge on any atom is 0.329 e. The zero-order valence-corrected chi connectivity index (χ0v) is 13.1. The van der Waals surface area contributed by atoms with Gasteiger partial charge in [0.05, 0.1) is 10.5 Å². The summed E-state index contributed by atoms with van der Waals surface area (Å²) < 4.78 is 23.5. The van der Waals surface area contributed by atoms with Crippen LogP contribution in [0.1, 0.15) is 42.5 Å². The summed E-state index contributed by atoms with van der Waals surface area (Å²) in [6, 6.07) is 5.82. The zero-order valence-electron chi connectivity index (χ0n) is 12.3. The quantitative estimate of drug-likeness (QED) is 0.876. The van der Waals surface area contributed by atoms with Crippen LogP contribution in [0.4, 0.5) is 0 Å². The van der Waals surface area contributed by atoms with Gasteiger partial charge in [0.1, 0.15) is 5.54 Å². The van der Waals surface area contributed by atoms with E-state index >= 15 is 0 Å². The van der Waals surface area contributed by atoms with Gasteiger partial charge in [-0.15, -0.1) is 0 Å². The summed E-state index contributed by atoms with van der Waals surface area (Å²) in [5.41, 5.74) is -1.32. The Bertz CT molecular complexity index is 690. The molecule has 0 bridgehead atoms. The van der Waals surface area contributed by atoms with Crippen LogP contribution in [0.15, 0.2) is 29.2 Å². The predicted octanol–water partition coefficient (Wildman–Crippen LogP) is 1.61.